The van der Waals surface area contributed by atoms with Crippen LogP contribution in [-0.2, 0) is 9.53 Å². The maximum absolute atomic E-state index is 12.4. The first kappa shape index (κ1) is 19.4. The first-order valence-electron chi connectivity index (χ1n) is 8.76. The van der Waals surface area contributed by atoms with Gasteiger partial charge in [-0.1, -0.05) is 15.9 Å². The lowest BCUT2D eigenvalue weighted by atomic mass is 10.2. The molecule has 1 heterocycles. The van der Waals surface area contributed by atoms with Crippen molar-refractivity contribution < 1.29 is 14.3 Å². The number of likely N-dealkylation sites (N-methyl/N-ethyl adjacent to an activating group) is 1. The van der Waals surface area contributed by atoms with Gasteiger partial charge in [-0.3, -0.25) is 9.59 Å². The van der Waals surface area contributed by atoms with E-state index in [0.29, 0.717) is 11.3 Å². The van der Waals surface area contributed by atoms with Crippen LogP contribution < -0.4 is 10.2 Å². The summed E-state index contributed by atoms with van der Waals surface area (Å²) >= 11 is 3.34. The highest BCUT2D eigenvalue weighted by Gasteiger charge is 2.15. The zero-order valence-electron chi connectivity index (χ0n) is 15.2. The number of hydrogen-bond acceptors (Lipinski definition) is 4. The van der Waals surface area contributed by atoms with Crippen LogP contribution in [0.2, 0.25) is 0 Å². The van der Waals surface area contributed by atoms with Crippen LogP contribution in [0.3, 0.4) is 0 Å². The van der Waals surface area contributed by atoms with Crippen LogP contribution in [0.15, 0.2) is 53.0 Å². The van der Waals surface area contributed by atoms with Gasteiger partial charge in [-0.15, -0.1) is 0 Å². The van der Waals surface area contributed by atoms with Crippen molar-refractivity contribution in [2.75, 3.05) is 50.1 Å². The molecule has 27 heavy (non-hydrogen) atoms. The van der Waals surface area contributed by atoms with Crippen LogP contribution in [0.1, 0.15) is 10.4 Å². The largest absolute Gasteiger partial charge is 0.378 e. The fourth-order valence-corrected chi connectivity index (χ4v) is 3.14. The second-order valence-corrected chi connectivity index (χ2v) is 7.28. The molecular weight excluding hydrogens is 410 g/mol. The number of hydrogen-bond donors (Lipinski definition) is 1. The monoisotopic (exact) mass is 431 g/mol. The van der Waals surface area contributed by atoms with E-state index in [2.05, 4.69) is 26.1 Å². The van der Waals surface area contributed by atoms with Gasteiger partial charge in [0.05, 0.1) is 19.8 Å². The molecule has 7 heteroatoms. The zero-order valence-corrected chi connectivity index (χ0v) is 16.7. The number of halogens is 1. The summed E-state index contributed by atoms with van der Waals surface area (Å²) in [5.41, 5.74) is 2.36. The van der Waals surface area contributed by atoms with E-state index in [9.17, 15) is 9.59 Å². The molecule has 0 radical (unpaired) electrons. The Morgan fingerprint density at radius 1 is 1.07 bits per heavy atom. The highest BCUT2D eigenvalue weighted by atomic mass is 79.9. The number of benzene rings is 2. The van der Waals surface area contributed by atoms with Crippen molar-refractivity contribution in [3.05, 3.63) is 58.6 Å². The fraction of sp³-hybridized carbons (Fsp3) is 0.300. The van der Waals surface area contributed by atoms with Crippen molar-refractivity contribution in [3.8, 4) is 0 Å². The molecule has 0 spiro atoms. The summed E-state index contributed by atoms with van der Waals surface area (Å²) in [6.45, 7) is 3.19. The molecule has 1 saturated heterocycles. The van der Waals surface area contributed by atoms with E-state index in [-0.39, 0.29) is 18.4 Å². The number of nitrogens with zero attached hydrogens (tertiary/aromatic N) is 2. The topological polar surface area (TPSA) is 61.9 Å². The Bertz CT molecular complexity index is 787. The first-order chi connectivity index (χ1) is 13.0. The SMILES string of the molecule is CN(CC(=O)Nc1ccc(N2CCOCC2)cc1)C(=O)c1ccc(Br)cc1. The molecule has 142 valence electrons. The summed E-state index contributed by atoms with van der Waals surface area (Å²) in [5, 5.41) is 2.83. The maximum Gasteiger partial charge on any atom is 0.254 e. The second kappa shape index (κ2) is 9.01. The Morgan fingerprint density at radius 3 is 2.33 bits per heavy atom. The summed E-state index contributed by atoms with van der Waals surface area (Å²) in [7, 11) is 1.62. The zero-order chi connectivity index (χ0) is 19.2. The quantitative estimate of drug-likeness (QED) is 0.790. The number of ether oxygens (including phenoxy) is 1. The molecule has 0 atom stereocenters. The minimum Gasteiger partial charge on any atom is -0.378 e. The van der Waals surface area contributed by atoms with Gasteiger partial charge >= 0.3 is 0 Å². The normalized spacial score (nSPS) is 13.9. The molecule has 1 aliphatic rings. The van der Waals surface area contributed by atoms with E-state index >= 15 is 0 Å². The van der Waals surface area contributed by atoms with Crippen molar-refractivity contribution >= 4 is 39.1 Å². The van der Waals surface area contributed by atoms with Crippen LogP contribution in [0.4, 0.5) is 11.4 Å². The summed E-state index contributed by atoms with van der Waals surface area (Å²) in [6.07, 6.45) is 0. The highest BCUT2D eigenvalue weighted by Crippen LogP contribution is 2.19. The molecule has 2 amide bonds. The number of anilines is 2. The molecule has 2 aromatic carbocycles. The second-order valence-electron chi connectivity index (χ2n) is 6.36. The van der Waals surface area contributed by atoms with Gasteiger partial charge in [-0.05, 0) is 48.5 Å². The number of carbonyl (C=O) groups excluding carboxylic acids is 2. The lowest BCUT2D eigenvalue weighted by Crippen LogP contribution is -2.36. The Balaban J connectivity index is 1.53. The molecule has 1 N–H and O–H groups in total. The van der Waals surface area contributed by atoms with Gasteiger partial charge in [-0.25, -0.2) is 0 Å². The lowest BCUT2D eigenvalue weighted by Gasteiger charge is -2.28. The molecule has 3 rings (SSSR count). The van der Waals surface area contributed by atoms with Gasteiger partial charge in [0.15, 0.2) is 0 Å². The van der Waals surface area contributed by atoms with Gasteiger partial charge < -0.3 is 19.9 Å². The van der Waals surface area contributed by atoms with E-state index < -0.39 is 0 Å². The number of amides is 2. The molecule has 1 aliphatic heterocycles. The average Bonchev–Trinajstić information content (AvgIpc) is 2.69. The minimum absolute atomic E-state index is 0.0138. The third kappa shape index (κ3) is 5.30. The molecule has 0 saturated carbocycles. The van der Waals surface area contributed by atoms with E-state index in [1.165, 1.54) is 4.90 Å². The molecule has 0 aliphatic carbocycles. The summed E-state index contributed by atoms with van der Waals surface area (Å²) < 4.78 is 6.26. The Labute approximate surface area is 167 Å². The summed E-state index contributed by atoms with van der Waals surface area (Å²) in [4.78, 5) is 28.3. The van der Waals surface area contributed by atoms with E-state index in [0.717, 1.165) is 36.5 Å². The van der Waals surface area contributed by atoms with Crippen LogP contribution in [-0.4, -0.2) is 56.6 Å². The van der Waals surface area contributed by atoms with Crippen molar-refractivity contribution in [2.45, 2.75) is 0 Å². The molecule has 0 unspecified atom stereocenters. The van der Waals surface area contributed by atoms with Crippen LogP contribution >= 0.6 is 15.9 Å². The van der Waals surface area contributed by atoms with E-state index in [1.54, 1.807) is 31.3 Å². The van der Waals surface area contributed by atoms with Crippen molar-refractivity contribution in [1.29, 1.82) is 0 Å². The Hall–Kier alpha value is -2.38. The van der Waals surface area contributed by atoms with Gasteiger partial charge in [0.1, 0.15) is 0 Å². The van der Waals surface area contributed by atoms with Crippen molar-refractivity contribution in [2.24, 2.45) is 0 Å². The molecule has 0 bridgehead atoms. The van der Waals surface area contributed by atoms with Crippen molar-refractivity contribution in [1.82, 2.24) is 4.90 Å². The predicted molar refractivity (Wildman–Crippen MR) is 109 cm³/mol. The Kier molecular flexibility index (Phi) is 6.47. The van der Waals surface area contributed by atoms with Crippen molar-refractivity contribution in [3.63, 3.8) is 0 Å². The minimum atomic E-state index is -0.234. The number of rotatable bonds is 5. The average molecular weight is 432 g/mol. The van der Waals surface area contributed by atoms with Crippen LogP contribution in [0.25, 0.3) is 0 Å². The van der Waals surface area contributed by atoms with Gasteiger partial charge in [0.2, 0.25) is 5.91 Å². The van der Waals surface area contributed by atoms with Gasteiger partial charge in [-0.2, -0.15) is 0 Å². The smallest absolute Gasteiger partial charge is 0.254 e. The molecule has 6 nitrogen and oxygen atoms in total. The van der Waals surface area contributed by atoms with Crippen LogP contribution in [0, 0.1) is 0 Å². The first-order valence-corrected chi connectivity index (χ1v) is 9.56. The lowest BCUT2D eigenvalue weighted by molar-refractivity contribution is -0.116. The third-order valence-corrected chi connectivity index (χ3v) is 4.87. The van der Waals surface area contributed by atoms with Gasteiger partial charge in [0.25, 0.3) is 5.91 Å². The molecule has 0 aromatic heterocycles. The summed E-state index contributed by atoms with van der Waals surface area (Å²) in [5.74, 6) is -0.428. The molecular formula is C20H22BrN3O3. The molecule has 2 aromatic rings. The van der Waals surface area contributed by atoms with E-state index in [1.807, 2.05) is 24.3 Å². The number of carbonyl (C=O) groups is 2. The number of nitrogens with one attached hydrogen (secondary N) is 1. The maximum atomic E-state index is 12.4. The third-order valence-electron chi connectivity index (χ3n) is 4.35. The fourth-order valence-electron chi connectivity index (χ4n) is 2.88. The predicted octanol–water partition coefficient (Wildman–Crippen LogP) is 3.00. The van der Waals surface area contributed by atoms with Gasteiger partial charge in [0, 0.05) is 41.5 Å². The highest BCUT2D eigenvalue weighted by molar-refractivity contribution is 9.10. The van der Waals surface area contributed by atoms with Crippen LogP contribution in [0.5, 0.6) is 0 Å². The number of morpholine rings is 1. The summed E-state index contributed by atoms with van der Waals surface area (Å²) in [6, 6.07) is 14.8. The van der Waals surface area contributed by atoms with E-state index in [4.69, 9.17) is 4.74 Å². The molecule has 1 fully saturated rings. The standard InChI is InChI=1S/C20H22BrN3O3/c1-23(20(26)15-2-4-16(21)5-3-15)14-19(25)22-17-6-8-18(9-7-17)24-10-12-27-13-11-24/h2-9H,10-14H2,1H3,(H,22,25). The Morgan fingerprint density at radius 2 is 1.70 bits per heavy atom.